The highest BCUT2D eigenvalue weighted by molar-refractivity contribution is 5.59. The van der Waals surface area contributed by atoms with Crippen LogP contribution >= 0.6 is 0 Å². The van der Waals surface area contributed by atoms with Crippen LogP contribution in [-0.4, -0.2) is 33.7 Å². The second-order valence-electron chi connectivity index (χ2n) is 4.72. The summed E-state index contributed by atoms with van der Waals surface area (Å²) in [6, 6.07) is 2.96. The molecule has 0 saturated carbocycles. The summed E-state index contributed by atoms with van der Waals surface area (Å²) in [4.78, 5) is 16.1. The van der Waals surface area contributed by atoms with E-state index in [2.05, 4.69) is 4.98 Å². The van der Waals surface area contributed by atoms with Crippen molar-refractivity contribution >= 4 is 11.5 Å². The van der Waals surface area contributed by atoms with E-state index in [1.807, 2.05) is 13.8 Å². The lowest BCUT2D eigenvalue weighted by Crippen LogP contribution is -2.65. The Kier molecular flexibility index (Phi) is 2.74. The highest BCUT2D eigenvalue weighted by Crippen LogP contribution is 2.35. The summed E-state index contributed by atoms with van der Waals surface area (Å²) in [6.07, 6.45) is 1.52. The molecule has 0 radical (unpaired) electrons. The van der Waals surface area contributed by atoms with Gasteiger partial charge < -0.3 is 10.0 Å². The number of β-amino-alcohol motifs (C(OH)–C–C–N with tert-alkyl or cyclic N) is 1. The van der Waals surface area contributed by atoms with Crippen molar-refractivity contribution in [1.29, 1.82) is 0 Å². The lowest BCUT2D eigenvalue weighted by Gasteiger charge is -2.49. The molecular formula is C11H15N3O3. The molecule has 0 aliphatic carbocycles. The van der Waals surface area contributed by atoms with Gasteiger partial charge in [0.1, 0.15) is 5.60 Å². The second kappa shape index (κ2) is 3.96. The molecule has 1 N–H and O–H groups in total. The number of nitro groups is 1. The molecule has 2 rings (SSSR count). The Morgan fingerprint density at radius 1 is 1.59 bits per heavy atom. The molecule has 0 bridgehead atoms. The molecule has 0 spiro atoms. The second-order valence-corrected chi connectivity index (χ2v) is 4.72. The van der Waals surface area contributed by atoms with E-state index in [-0.39, 0.29) is 11.6 Å². The van der Waals surface area contributed by atoms with Gasteiger partial charge in [-0.1, -0.05) is 13.8 Å². The van der Waals surface area contributed by atoms with Crippen LogP contribution in [0.15, 0.2) is 18.3 Å². The normalized spacial score (nSPS) is 18.0. The Hall–Kier alpha value is -1.69. The van der Waals surface area contributed by atoms with Crippen molar-refractivity contribution in [3.63, 3.8) is 0 Å². The number of hydrogen-bond acceptors (Lipinski definition) is 5. The number of aliphatic hydroxyl groups is 1. The van der Waals surface area contributed by atoms with Crippen LogP contribution in [0.1, 0.15) is 13.8 Å². The molecular weight excluding hydrogens is 222 g/mol. The van der Waals surface area contributed by atoms with E-state index < -0.39 is 10.5 Å². The summed E-state index contributed by atoms with van der Waals surface area (Å²) in [5.74, 6) is 0.462. The first-order chi connectivity index (χ1) is 7.94. The largest absolute Gasteiger partial charge is 0.386 e. The monoisotopic (exact) mass is 237 g/mol. The molecule has 1 saturated heterocycles. The molecule has 92 valence electrons. The van der Waals surface area contributed by atoms with Crippen LogP contribution < -0.4 is 4.90 Å². The first kappa shape index (κ1) is 11.8. The van der Waals surface area contributed by atoms with Crippen molar-refractivity contribution in [3.8, 4) is 0 Å². The molecule has 0 atom stereocenters. The fourth-order valence-electron chi connectivity index (χ4n) is 1.90. The number of nitrogens with zero attached hydrogens (tertiary/aromatic N) is 3. The maximum Gasteiger partial charge on any atom is 0.311 e. The van der Waals surface area contributed by atoms with Crippen molar-refractivity contribution in [3.05, 3.63) is 28.4 Å². The van der Waals surface area contributed by atoms with E-state index in [0.29, 0.717) is 18.9 Å². The van der Waals surface area contributed by atoms with Crippen molar-refractivity contribution in [2.75, 3.05) is 18.0 Å². The van der Waals surface area contributed by atoms with Crippen LogP contribution in [0.3, 0.4) is 0 Å². The van der Waals surface area contributed by atoms with Gasteiger partial charge in [0.15, 0.2) is 0 Å². The van der Waals surface area contributed by atoms with E-state index >= 15 is 0 Å². The quantitative estimate of drug-likeness (QED) is 0.631. The van der Waals surface area contributed by atoms with Gasteiger partial charge in [0.2, 0.25) is 5.82 Å². The topological polar surface area (TPSA) is 79.5 Å². The summed E-state index contributed by atoms with van der Waals surface area (Å²) in [7, 11) is 0. The number of hydrogen-bond donors (Lipinski definition) is 1. The maximum atomic E-state index is 10.8. The molecule has 6 heteroatoms. The number of rotatable bonds is 3. The minimum atomic E-state index is -0.759. The SMILES string of the molecule is CC(C)C1(O)CN(c2ncccc2[N+](=O)[O-])C1. The Labute approximate surface area is 99.0 Å². The summed E-state index contributed by atoms with van der Waals surface area (Å²) < 4.78 is 0. The zero-order valence-corrected chi connectivity index (χ0v) is 9.83. The van der Waals surface area contributed by atoms with Gasteiger partial charge >= 0.3 is 5.69 Å². The molecule has 17 heavy (non-hydrogen) atoms. The van der Waals surface area contributed by atoms with Crippen LogP contribution in [0.2, 0.25) is 0 Å². The first-order valence-corrected chi connectivity index (χ1v) is 5.51. The van der Waals surface area contributed by atoms with Gasteiger partial charge in [0, 0.05) is 12.3 Å². The van der Waals surface area contributed by atoms with Gasteiger partial charge in [-0.25, -0.2) is 4.98 Å². The fraction of sp³-hybridized carbons (Fsp3) is 0.545. The maximum absolute atomic E-state index is 10.8. The molecule has 0 aromatic carbocycles. The Balaban J connectivity index is 2.19. The van der Waals surface area contributed by atoms with E-state index in [9.17, 15) is 15.2 Å². The zero-order valence-electron chi connectivity index (χ0n) is 9.83. The molecule has 1 aromatic heterocycles. The van der Waals surface area contributed by atoms with Gasteiger partial charge in [-0.2, -0.15) is 0 Å². The molecule has 1 fully saturated rings. The van der Waals surface area contributed by atoms with Crippen molar-refractivity contribution in [1.82, 2.24) is 4.98 Å². The number of aromatic nitrogens is 1. The van der Waals surface area contributed by atoms with Crippen LogP contribution in [0, 0.1) is 16.0 Å². The highest BCUT2D eigenvalue weighted by atomic mass is 16.6. The average molecular weight is 237 g/mol. The predicted octanol–water partition coefficient (Wildman–Crippen LogP) is 1.20. The third kappa shape index (κ3) is 1.95. The summed E-state index contributed by atoms with van der Waals surface area (Å²) >= 11 is 0. The average Bonchev–Trinajstić information content (AvgIpc) is 2.24. The van der Waals surface area contributed by atoms with Crippen LogP contribution in [0.5, 0.6) is 0 Å². The van der Waals surface area contributed by atoms with Crippen molar-refractivity contribution in [2.45, 2.75) is 19.4 Å². The third-order valence-electron chi connectivity index (χ3n) is 3.27. The van der Waals surface area contributed by atoms with Gasteiger partial charge in [-0.05, 0) is 12.0 Å². The number of pyridine rings is 1. The van der Waals surface area contributed by atoms with Gasteiger partial charge in [0.05, 0.1) is 18.0 Å². The summed E-state index contributed by atoms with van der Waals surface area (Å²) in [5.41, 5.74) is -0.774. The van der Waals surface area contributed by atoms with Crippen LogP contribution in [-0.2, 0) is 0 Å². The standard InChI is InChI=1S/C11H15N3O3/c1-8(2)11(15)6-13(7-11)10-9(14(16)17)4-3-5-12-10/h3-5,8,15H,6-7H2,1-2H3. The van der Waals surface area contributed by atoms with E-state index in [1.54, 1.807) is 4.90 Å². The number of anilines is 1. The molecule has 1 aromatic rings. The molecule has 2 heterocycles. The Morgan fingerprint density at radius 2 is 2.24 bits per heavy atom. The molecule has 6 nitrogen and oxygen atoms in total. The Morgan fingerprint density at radius 3 is 2.76 bits per heavy atom. The third-order valence-corrected chi connectivity index (χ3v) is 3.27. The van der Waals surface area contributed by atoms with Crippen molar-refractivity contribution in [2.24, 2.45) is 5.92 Å². The van der Waals surface area contributed by atoms with Crippen LogP contribution in [0.4, 0.5) is 11.5 Å². The van der Waals surface area contributed by atoms with E-state index in [4.69, 9.17) is 0 Å². The summed E-state index contributed by atoms with van der Waals surface area (Å²) in [5, 5.41) is 20.9. The minimum Gasteiger partial charge on any atom is -0.386 e. The first-order valence-electron chi connectivity index (χ1n) is 5.51. The molecule has 0 amide bonds. The van der Waals surface area contributed by atoms with Gasteiger partial charge in [0.25, 0.3) is 0 Å². The summed E-state index contributed by atoms with van der Waals surface area (Å²) in [6.45, 7) is 4.65. The smallest absolute Gasteiger partial charge is 0.311 e. The van der Waals surface area contributed by atoms with Gasteiger partial charge in [-0.3, -0.25) is 10.1 Å². The lowest BCUT2D eigenvalue weighted by molar-refractivity contribution is -0.384. The molecule has 0 unspecified atom stereocenters. The minimum absolute atomic E-state index is 0.0155. The molecule has 1 aliphatic heterocycles. The van der Waals surface area contributed by atoms with Crippen molar-refractivity contribution < 1.29 is 10.0 Å². The van der Waals surface area contributed by atoms with E-state index in [1.165, 1.54) is 18.3 Å². The Bertz CT molecular complexity index is 441. The van der Waals surface area contributed by atoms with Gasteiger partial charge in [-0.15, -0.1) is 0 Å². The highest BCUT2D eigenvalue weighted by Gasteiger charge is 2.45. The zero-order chi connectivity index (χ0) is 12.6. The van der Waals surface area contributed by atoms with E-state index in [0.717, 1.165) is 0 Å². The molecule has 1 aliphatic rings. The van der Waals surface area contributed by atoms with Crippen LogP contribution in [0.25, 0.3) is 0 Å². The predicted molar refractivity (Wildman–Crippen MR) is 62.9 cm³/mol. The fourth-order valence-corrected chi connectivity index (χ4v) is 1.90. The lowest BCUT2D eigenvalue weighted by atomic mass is 9.83.